The van der Waals surface area contributed by atoms with E-state index in [1.807, 2.05) is 0 Å². The van der Waals surface area contributed by atoms with Crippen LogP contribution in [0.2, 0.25) is 5.02 Å². The van der Waals surface area contributed by atoms with E-state index in [9.17, 15) is 4.79 Å². The second-order valence-corrected chi connectivity index (χ2v) is 3.50. The molecular weight excluding hydrogens is 216 g/mol. The third kappa shape index (κ3) is 1.47. The Labute approximate surface area is 91.4 Å². The van der Waals surface area contributed by atoms with Crippen molar-refractivity contribution in [1.82, 2.24) is 9.61 Å². The van der Waals surface area contributed by atoms with Gasteiger partial charge in [0.15, 0.2) is 5.78 Å². The Morgan fingerprint density at radius 3 is 2.93 bits per heavy atom. The first kappa shape index (κ1) is 9.98. The van der Waals surface area contributed by atoms with Crippen LogP contribution in [0.15, 0.2) is 18.3 Å². The molecule has 0 aliphatic rings. The number of hydrogen-bond donors (Lipinski definition) is 0. The molecule has 15 heavy (non-hydrogen) atoms. The molecule has 2 aromatic rings. The van der Waals surface area contributed by atoms with Gasteiger partial charge in [-0.2, -0.15) is 0 Å². The van der Waals surface area contributed by atoms with E-state index >= 15 is 0 Å². The Kier molecular flexibility index (Phi) is 2.36. The summed E-state index contributed by atoms with van der Waals surface area (Å²) in [7, 11) is 1.47. The molecular formula is C10H9ClN2O2. The van der Waals surface area contributed by atoms with Gasteiger partial charge >= 0.3 is 0 Å². The number of halogens is 1. The van der Waals surface area contributed by atoms with Crippen LogP contribution in [-0.4, -0.2) is 22.5 Å². The summed E-state index contributed by atoms with van der Waals surface area (Å²) in [6.45, 7) is 1.46. The number of carbonyl (C=O) groups excluding carboxylic acids is 1. The first-order valence-corrected chi connectivity index (χ1v) is 4.74. The Morgan fingerprint density at radius 2 is 2.33 bits per heavy atom. The number of Topliss-reactive ketones (excluding diaryl/α,β-unsaturated/α-hetero) is 1. The summed E-state index contributed by atoms with van der Waals surface area (Å²) in [5, 5.41) is 4.59. The number of hydrogen-bond acceptors (Lipinski definition) is 3. The molecule has 0 saturated heterocycles. The maximum Gasteiger partial charge on any atom is 0.244 e. The van der Waals surface area contributed by atoms with Gasteiger partial charge in [-0.1, -0.05) is 11.6 Å². The second kappa shape index (κ2) is 3.55. The van der Waals surface area contributed by atoms with Gasteiger partial charge in [-0.25, -0.2) is 4.52 Å². The van der Waals surface area contributed by atoms with Gasteiger partial charge in [0, 0.05) is 6.20 Å². The lowest BCUT2D eigenvalue weighted by Crippen LogP contribution is -1.95. The van der Waals surface area contributed by atoms with E-state index < -0.39 is 0 Å². The highest BCUT2D eigenvalue weighted by atomic mass is 35.5. The maximum absolute atomic E-state index is 11.5. The third-order valence-electron chi connectivity index (χ3n) is 2.12. The lowest BCUT2D eigenvalue weighted by atomic mass is 10.2. The van der Waals surface area contributed by atoms with Gasteiger partial charge in [-0.15, -0.1) is 5.10 Å². The molecule has 5 heteroatoms. The summed E-state index contributed by atoms with van der Waals surface area (Å²) < 4.78 is 6.57. The lowest BCUT2D eigenvalue weighted by molar-refractivity contribution is 0.101. The van der Waals surface area contributed by atoms with Gasteiger partial charge in [0.25, 0.3) is 0 Å². The Morgan fingerprint density at radius 1 is 1.60 bits per heavy atom. The van der Waals surface area contributed by atoms with Crippen LogP contribution in [0.3, 0.4) is 0 Å². The first-order chi connectivity index (χ1) is 7.15. The van der Waals surface area contributed by atoms with Crippen molar-refractivity contribution in [2.75, 3.05) is 7.11 Å². The smallest absolute Gasteiger partial charge is 0.244 e. The molecule has 0 radical (unpaired) electrons. The number of methoxy groups -OCH3 is 1. The van der Waals surface area contributed by atoms with Gasteiger partial charge in [0.1, 0.15) is 5.56 Å². The largest absolute Gasteiger partial charge is 0.479 e. The zero-order chi connectivity index (χ0) is 11.0. The molecule has 0 aliphatic heterocycles. The molecule has 4 nitrogen and oxygen atoms in total. The van der Waals surface area contributed by atoms with Crippen molar-refractivity contribution < 1.29 is 9.53 Å². The van der Waals surface area contributed by atoms with E-state index in [4.69, 9.17) is 16.3 Å². The monoisotopic (exact) mass is 224 g/mol. The molecule has 0 unspecified atom stereocenters. The van der Waals surface area contributed by atoms with Crippen LogP contribution >= 0.6 is 11.6 Å². The van der Waals surface area contributed by atoms with Crippen LogP contribution in [0, 0.1) is 0 Å². The molecule has 78 valence electrons. The van der Waals surface area contributed by atoms with Gasteiger partial charge in [0.2, 0.25) is 5.88 Å². The van der Waals surface area contributed by atoms with Crippen LogP contribution in [0.25, 0.3) is 5.52 Å². The Balaban J connectivity index is 2.88. The number of ketones is 1. The van der Waals surface area contributed by atoms with Crippen molar-refractivity contribution in [1.29, 1.82) is 0 Å². The normalized spacial score (nSPS) is 10.6. The number of fused-ring (bicyclic) bond motifs is 1. The predicted octanol–water partition coefficient (Wildman–Crippen LogP) is 2.20. The van der Waals surface area contributed by atoms with Crippen molar-refractivity contribution in [2.24, 2.45) is 0 Å². The first-order valence-electron chi connectivity index (χ1n) is 4.37. The number of ether oxygens (including phenoxy) is 1. The van der Waals surface area contributed by atoms with Gasteiger partial charge in [-0.3, -0.25) is 4.79 Å². The van der Waals surface area contributed by atoms with E-state index in [1.165, 1.54) is 18.5 Å². The summed E-state index contributed by atoms with van der Waals surface area (Å²) in [6.07, 6.45) is 1.72. The molecule has 0 fully saturated rings. The van der Waals surface area contributed by atoms with Gasteiger partial charge in [0.05, 0.1) is 17.6 Å². The van der Waals surface area contributed by atoms with E-state index in [2.05, 4.69) is 5.10 Å². The number of aromatic nitrogens is 2. The van der Waals surface area contributed by atoms with Crippen molar-refractivity contribution in [2.45, 2.75) is 6.92 Å². The van der Waals surface area contributed by atoms with E-state index in [0.717, 1.165) is 0 Å². The van der Waals surface area contributed by atoms with Gasteiger partial charge in [-0.05, 0) is 19.1 Å². The summed E-state index contributed by atoms with van der Waals surface area (Å²) in [5.41, 5.74) is 1.01. The zero-order valence-corrected chi connectivity index (χ0v) is 9.08. The van der Waals surface area contributed by atoms with Gasteiger partial charge < -0.3 is 4.74 Å². The fourth-order valence-electron chi connectivity index (χ4n) is 1.50. The maximum atomic E-state index is 11.5. The molecule has 0 amide bonds. The summed E-state index contributed by atoms with van der Waals surface area (Å²) in [6, 6.07) is 3.47. The van der Waals surface area contributed by atoms with E-state index in [1.54, 1.807) is 18.3 Å². The Bertz CT molecular complexity index is 533. The van der Waals surface area contributed by atoms with Crippen molar-refractivity contribution in [3.05, 3.63) is 28.9 Å². The quantitative estimate of drug-likeness (QED) is 0.735. The van der Waals surface area contributed by atoms with Crippen LogP contribution < -0.4 is 4.74 Å². The molecule has 0 spiro atoms. The van der Waals surface area contributed by atoms with Crippen molar-refractivity contribution >= 4 is 22.9 Å². The predicted molar refractivity (Wildman–Crippen MR) is 56.8 cm³/mol. The van der Waals surface area contributed by atoms with E-state index in [-0.39, 0.29) is 5.78 Å². The minimum Gasteiger partial charge on any atom is -0.479 e. The van der Waals surface area contributed by atoms with Crippen molar-refractivity contribution in [3.8, 4) is 5.88 Å². The second-order valence-electron chi connectivity index (χ2n) is 3.09. The number of nitrogens with zero attached hydrogens (tertiary/aromatic N) is 2. The fraction of sp³-hybridized carbons (Fsp3) is 0.200. The van der Waals surface area contributed by atoms with Crippen LogP contribution in [0.5, 0.6) is 5.88 Å². The summed E-state index contributed by atoms with van der Waals surface area (Å²) >= 11 is 6.01. The van der Waals surface area contributed by atoms with E-state index in [0.29, 0.717) is 22.0 Å². The molecule has 2 heterocycles. The highest BCUT2D eigenvalue weighted by Crippen LogP contribution is 2.28. The minimum atomic E-state index is -0.116. The third-order valence-corrected chi connectivity index (χ3v) is 2.42. The number of carbonyl (C=O) groups is 1. The molecule has 0 bridgehead atoms. The number of rotatable bonds is 2. The number of pyridine rings is 1. The van der Waals surface area contributed by atoms with Crippen LogP contribution in [-0.2, 0) is 0 Å². The minimum absolute atomic E-state index is 0.116. The SMILES string of the molecule is COc1nn2cccc(Cl)c2c1C(C)=O. The summed E-state index contributed by atoms with van der Waals surface area (Å²) in [4.78, 5) is 11.5. The van der Waals surface area contributed by atoms with Crippen LogP contribution in [0.1, 0.15) is 17.3 Å². The molecule has 0 aromatic carbocycles. The standard InChI is InChI=1S/C10H9ClN2O2/c1-6(14)8-9-7(11)4-3-5-13(9)12-10(8)15-2/h3-5H,1-2H3. The average Bonchev–Trinajstić information content (AvgIpc) is 2.57. The molecule has 0 saturated carbocycles. The molecule has 2 aromatic heterocycles. The topological polar surface area (TPSA) is 43.6 Å². The summed E-state index contributed by atoms with van der Waals surface area (Å²) in [5.74, 6) is 0.186. The van der Waals surface area contributed by atoms with Crippen molar-refractivity contribution in [3.63, 3.8) is 0 Å². The molecule has 0 aliphatic carbocycles. The molecule has 0 N–H and O–H groups in total. The highest BCUT2D eigenvalue weighted by Gasteiger charge is 2.19. The highest BCUT2D eigenvalue weighted by molar-refractivity contribution is 6.35. The van der Waals surface area contributed by atoms with Crippen LogP contribution in [0.4, 0.5) is 0 Å². The Hall–Kier alpha value is -1.55. The zero-order valence-electron chi connectivity index (χ0n) is 8.32. The molecule has 0 atom stereocenters. The molecule has 2 rings (SSSR count). The lowest BCUT2D eigenvalue weighted by Gasteiger charge is -1.97. The fourth-order valence-corrected chi connectivity index (χ4v) is 1.75. The average molecular weight is 225 g/mol.